The van der Waals surface area contributed by atoms with Crippen molar-refractivity contribution in [1.29, 1.82) is 0 Å². The van der Waals surface area contributed by atoms with Crippen molar-refractivity contribution in [3.05, 3.63) is 47.2 Å². The highest BCUT2D eigenvalue weighted by atomic mass is 32.1. The average molecular weight is 550 g/mol. The number of nitrogens with one attached hydrogen (secondary N) is 2. The number of benzene rings is 1. The minimum atomic E-state index is -0.0396. The van der Waals surface area contributed by atoms with Crippen molar-refractivity contribution < 1.29 is 14.3 Å². The van der Waals surface area contributed by atoms with Gasteiger partial charge in [0.05, 0.1) is 41.8 Å². The first-order valence-corrected chi connectivity index (χ1v) is 14.4. The maximum atomic E-state index is 13.4. The first-order valence-electron chi connectivity index (χ1n) is 13.6. The number of carbonyl (C=O) groups is 1. The molecule has 2 aliphatic heterocycles. The van der Waals surface area contributed by atoms with E-state index in [9.17, 15) is 4.79 Å². The van der Waals surface area contributed by atoms with Crippen LogP contribution in [0.3, 0.4) is 0 Å². The monoisotopic (exact) mass is 549 g/mol. The van der Waals surface area contributed by atoms with Crippen molar-refractivity contribution in [2.24, 2.45) is 5.92 Å². The van der Waals surface area contributed by atoms with E-state index in [2.05, 4.69) is 54.6 Å². The second-order valence-corrected chi connectivity index (χ2v) is 11.4. The predicted octanol–water partition coefficient (Wildman–Crippen LogP) is 3.01. The number of amides is 1. The number of fused-ring (bicyclic) bond motifs is 2. The smallest absolute Gasteiger partial charge is 0.225 e. The lowest BCUT2D eigenvalue weighted by Crippen LogP contribution is -2.47. The lowest BCUT2D eigenvalue weighted by molar-refractivity contribution is -0.136. The molecule has 0 aliphatic carbocycles. The normalized spacial score (nSPS) is 20.9. The molecule has 5 heterocycles. The van der Waals surface area contributed by atoms with E-state index in [-0.39, 0.29) is 23.8 Å². The summed E-state index contributed by atoms with van der Waals surface area (Å²) in [6, 6.07) is 8.63. The van der Waals surface area contributed by atoms with Gasteiger partial charge in [-0.15, -0.1) is 11.3 Å². The summed E-state index contributed by atoms with van der Waals surface area (Å²) in [6.07, 6.45) is 5.16. The molecule has 2 fully saturated rings. The Morgan fingerprint density at radius 3 is 3.03 bits per heavy atom. The van der Waals surface area contributed by atoms with Gasteiger partial charge in [0.1, 0.15) is 12.1 Å². The molecule has 0 spiro atoms. The van der Waals surface area contributed by atoms with E-state index in [1.807, 2.05) is 18.1 Å². The summed E-state index contributed by atoms with van der Waals surface area (Å²) in [7, 11) is 3.54. The number of carbonyl (C=O) groups excluding carboxylic acids is 1. The second kappa shape index (κ2) is 11.5. The number of morpholine rings is 1. The molecule has 11 heteroatoms. The van der Waals surface area contributed by atoms with Gasteiger partial charge in [-0.3, -0.25) is 9.89 Å². The lowest BCUT2D eigenvalue weighted by atomic mass is 9.80. The summed E-state index contributed by atoms with van der Waals surface area (Å²) in [5.74, 6) is 1.16. The first kappa shape index (κ1) is 26.1. The molecule has 0 radical (unpaired) electrons. The van der Waals surface area contributed by atoms with Crippen molar-refractivity contribution in [3.63, 3.8) is 0 Å². The van der Waals surface area contributed by atoms with Gasteiger partial charge in [-0.1, -0.05) is 12.1 Å². The highest BCUT2D eigenvalue weighted by molar-refractivity contribution is 7.19. The van der Waals surface area contributed by atoms with E-state index in [1.165, 1.54) is 10.4 Å². The Balaban J connectivity index is 1.39. The molecule has 10 nitrogen and oxygen atoms in total. The van der Waals surface area contributed by atoms with Crippen molar-refractivity contribution in [1.82, 2.24) is 30.4 Å². The standard InChI is InChI=1S/C28H35N7O3S/c1-34(8-11-37-2)28(36)18-6-7-29-22(14-18)25(19-4-3-5-21-20(19)16-32-33-21)24-15-23-26(39-24)27(31-17-30-23)35-9-12-38-13-10-35/h3-5,15-18,22,25,29H,6-14H2,1-2H3,(H,32,33). The van der Waals surface area contributed by atoms with Gasteiger partial charge in [0, 0.05) is 61.9 Å². The third kappa shape index (κ3) is 5.23. The molecule has 3 aromatic heterocycles. The van der Waals surface area contributed by atoms with Gasteiger partial charge < -0.3 is 24.6 Å². The Hall–Kier alpha value is -3.12. The van der Waals surface area contributed by atoms with Crippen LogP contribution in [0.5, 0.6) is 0 Å². The Labute approximate surface area is 231 Å². The number of thiophene rings is 1. The number of nitrogens with zero attached hydrogens (tertiary/aromatic N) is 5. The number of methoxy groups -OCH3 is 1. The first-order chi connectivity index (χ1) is 19.1. The molecular weight excluding hydrogens is 514 g/mol. The lowest BCUT2D eigenvalue weighted by Gasteiger charge is -2.36. The van der Waals surface area contributed by atoms with Gasteiger partial charge in [-0.2, -0.15) is 5.10 Å². The summed E-state index contributed by atoms with van der Waals surface area (Å²) >= 11 is 1.76. The quantitative estimate of drug-likeness (QED) is 0.345. The molecule has 4 aromatic rings. The molecule has 2 saturated heterocycles. The zero-order valence-corrected chi connectivity index (χ0v) is 23.2. The fourth-order valence-electron chi connectivity index (χ4n) is 5.92. The number of hydrogen-bond donors (Lipinski definition) is 2. The summed E-state index contributed by atoms with van der Waals surface area (Å²) in [4.78, 5) is 28.0. The van der Waals surface area contributed by atoms with Crippen molar-refractivity contribution >= 4 is 44.2 Å². The van der Waals surface area contributed by atoms with Gasteiger partial charge in [0.2, 0.25) is 5.91 Å². The van der Waals surface area contributed by atoms with Crippen LogP contribution in [-0.2, 0) is 14.3 Å². The highest BCUT2D eigenvalue weighted by Gasteiger charge is 2.36. The molecule has 0 bridgehead atoms. The third-order valence-corrected chi connectivity index (χ3v) is 9.18. The van der Waals surface area contributed by atoms with Gasteiger partial charge in [0.15, 0.2) is 0 Å². The molecule has 0 saturated carbocycles. The van der Waals surface area contributed by atoms with Crippen molar-refractivity contribution in [3.8, 4) is 0 Å². The van der Waals surface area contributed by atoms with Gasteiger partial charge >= 0.3 is 0 Å². The Morgan fingerprint density at radius 2 is 2.18 bits per heavy atom. The molecule has 39 heavy (non-hydrogen) atoms. The molecule has 1 amide bonds. The molecular formula is C28H35N7O3S. The molecule has 6 rings (SSSR count). The number of H-pyrrole nitrogens is 1. The molecule has 2 N–H and O–H groups in total. The SMILES string of the molecule is COCCN(C)C(=O)C1CCNC(C(c2cc3ncnc(N4CCOCC4)c3s2)c2cccc3[nH]ncc23)C1. The van der Waals surface area contributed by atoms with Crippen LogP contribution in [0.25, 0.3) is 21.1 Å². The largest absolute Gasteiger partial charge is 0.383 e. The van der Waals surface area contributed by atoms with Crippen LogP contribution in [0.1, 0.15) is 29.2 Å². The molecule has 3 atom stereocenters. The number of aromatic amines is 1. The molecule has 2 aliphatic rings. The van der Waals surface area contributed by atoms with Crippen LogP contribution >= 0.6 is 11.3 Å². The summed E-state index contributed by atoms with van der Waals surface area (Å²) < 4.78 is 11.9. The van der Waals surface area contributed by atoms with Gasteiger partial charge in [0.25, 0.3) is 0 Å². The molecule has 1 aromatic carbocycles. The van der Waals surface area contributed by atoms with E-state index in [0.717, 1.165) is 59.4 Å². The van der Waals surface area contributed by atoms with Crippen LogP contribution in [0.2, 0.25) is 0 Å². The summed E-state index contributed by atoms with van der Waals surface area (Å²) in [5, 5.41) is 12.4. The van der Waals surface area contributed by atoms with E-state index < -0.39 is 0 Å². The van der Waals surface area contributed by atoms with Gasteiger partial charge in [-0.05, 0) is 37.1 Å². The van der Waals surface area contributed by atoms with E-state index in [0.29, 0.717) is 26.4 Å². The maximum absolute atomic E-state index is 13.4. The zero-order valence-electron chi connectivity index (χ0n) is 22.4. The average Bonchev–Trinajstić information content (AvgIpc) is 3.64. The second-order valence-electron chi connectivity index (χ2n) is 10.4. The predicted molar refractivity (Wildman–Crippen MR) is 152 cm³/mol. The zero-order chi connectivity index (χ0) is 26.8. The molecule has 3 unspecified atom stereocenters. The van der Waals surface area contributed by atoms with Crippen LogP contribution < -0.4 is 10.2 Å². The topological polar surface area (TPSA) is 108 Å². The van der Waals surface area contributed by atoms with Crippen LogP contribution in [0.4, 0.5) is 5.82 Å². The Kier molecular flexibility index (Phi) is 7.73. The highest BCUT2D eigenvalue weighted by Crippen LogP contribution is 2.43. The Morgan fingerprint density at radius 1 is 1.31 bits per heavy atom. The number of hydrogen-bond acceptors (Lipinski definition) is 9. The maximum Gasteiger partial charge on any atom is 0.225 e. The van der Waals surface area contributed by atoms with Crippen molar-refractivity contribution in [2.75, 3.05) is 65.1 Å². The summed E-state index contributed by atoms with van der Waals surface area (Å²) in [5.41, 5.74) is 3.17. The number of anilines is 1. The summed E-state index contributed by atoms with van der Waals surface area (Å²) in [6.45, 7) is 4.98. The van der Waals surface area contributed by atoms with Crippen molar-refractivity contribution in [2.45, 2.75) is 24.8 Å². The minimum Gasteiger partial charge on any atom is -0.383 e. The van der Waals surface area contributed by atoms with Gasteiger partial charge in [-0.25, -0.2) is 9.97 Å². The van der Waals surface area contributed by atoms with Crippen LogP contribution in [0.15, 0.2) is 36.8 Å². The minimum absolute atomic E-state index is 0.0305. The van der Waals surface area contributed by atoms with Crippen LogP contribution in [-0.4, -0.2) is 97.2 Å². The fraction of sp³-hybridized carbons (Fsp3) is 0.500. The third-order valence-electron chi connectivity index (χ3n) is 7.98. The number of likely N-dealkylation sites (N-methyl/N-ethyl adjacent to an activating group) is 1. The van der Waals surface area contributed by atoms with Crippen LogP contribution in [0, 0.1) is 5.92 Å². The Bertz CT molecular complexity index is 1430. The number of piperidine rings is 1. The number of rotatable bonds is 8. The number of aromatic nitrogens is 4. The van der Waals surface area contributed by atoms with E-state index >= 15 is 0 Å². The fourth-order valence-corrected chi connectivity index (χ4v) is 7.24. The molecule has 206 valence electrons. The van der Waals surface area contributed by atoms with E-state index in [1.54, 1.807) is 24.8 Å². The number of ether oxygens (including phenoxy) is 2. The van der Waals surface area contributed by atoms with E-state index in [4.69, 9.17) is 9.47 Å².